The summed E-state index contributed by atoms with van der Waals surface area (Å²) < 4.78 is 5.74. The monoisotopic (exact) mass is 353 g/mol. The summed E-state index contributed by atoms with van der Waals surface area (Å²) in [6.07, 6.45) is 1.21. The highest BCUT2D eigenvalue weighted by Crippen LogP contribution is 2.31. The van der Waals surface area contributed by atoms with Crippen LogP contribution in [-0.4, -0.2) is 42.9 Å². The van der Waals surface area contributed by atoms with E-state index in [1.165, 1.54) is 5.56 Å². The molecule has 0 radical (unpaired) electrons. The van der Waals surface area contributed by atoms with Crippen LogP contribution in [0.4, 0.5) is 5.69 Å². The third-order valence-corrected chi connectivity index (χ3v) is 5.30. The highest BCUT2D eigenvalue weighted by atomic mass is 16.5. The van der Waals surface area contributed by atoms with Crippen molar-refractivity contribution in [3.8, 4) is 0 Å². The second kappa shape index (κ2) is 8.67. The fourth-order valence-electron chi connectivity index (χ4n) is 3.89. The molecule has 1 heterocycles. The van der Waals surface area contributed by atoms with E-state index in [9.17, 15) is 0 Å². The lowest BCUT2D eigenvalue weighted by atomic mass is 10.0. The predicted molar refractivity (Wildman–Crippen MR) is 108 cm³/mol. The quantitative estimate of drug-likeness (QED) is 0.758. The van der Waals surface area contributed by atoms with E-state index in [4.69, 9.17) is 4.74 Å². The molecule has 2 atom stereocenters. The molecule has 26 heavy (non-hydrogen) atoms. The van der Waals surface area contributed by atoms with E-state index in [-0.39, 0.29) is 11.8 Å². The maximum Gasteiger partial charge on any atom is 0.0921 e. The number of anilines is 1. The molecule has 2 N–H and O–H groups in total. The van der Waals surface area contributed by atoms with Crippen LogP contribution in [0, 0.1) is 0 Å². The van der Waals surface area contributed by atoms with Crippen molar-refractivity contribution < 1.29 is 4.74 Å². The molecule has 0 aromatic heterocycles. The summed E-state index contributed by atoms with van der Waals surface area (Å²) in [4.78, 5) is 2.54. The van der Waals surface area contributed by atoms with Crippen LogP contribution < -0.4 is 10.6 Å². The number of hydrogen-bond acceptors (Lipinski definition) is 4. The third kappa shape index (κ3) is 4.44. The lowest BCUT2D eigenvalue weighted by molar-refractivity contribution is 0.0764. The Morgan fingerprint density at radius 1 is 1.08 bits per heavy atom. The topological polar surface area (TPSA) is 36.5 Å². The molecule has 0 bridgehead atoms. The molecule has 3 rings (SSSR count). The Morgan fingerprint density at radius 2 is 1.73 bits per heavy atom. The number of hydrogen-bond donors (Lipinski definition) is 2. The lowest BCUT2D eigenvalue weighted by Gasteiger charge is -2.42. The Kier molecular flexibility index (Phi) is 6.30. The van der Waals surface area contributed by atoms with Crippen LogP contribution >= 0.6 is 0 Å². The molecule has 1 aliphatic rings. The molecule has 1 fully saturated rings. The average molecular weight is 354 g/mol. The summed E-state index contributed by atoms with van der Waals surface area (Å²) in [5.41, 5.74) is 2.31. The zero-order valence-corrected chi connectivity index (χ0v) is 16.1. The molecule has 0 amide bonds. The third-order valence-electron chi connectivity index (χ3n) is 5.30. The van der Waals surface area contributed by atoms with E-state index < -0.39 is 0 Å². The molecule has 0 saturated carbocycles. The summed E-state index contributed by atoms with van der Waals surface area (Å²) in [5, 5.41) is 7.49. The van der Waals surface area contributed by atoms with E-state index in [0.29, 0.717) is 6.04 Å². The van der Waals surface area contributed by atoms with Crippen molar-refractivity contribution in [3.05, 3.63) is 66.2 Å². The highest BCUT2D eigenvalue weighted by Gasteiger charge is 2.46. The number of nitrogens with zero attached hydrogens (tertiary/aromatic N) is 1. The molecular formula is C22H31N3O. The Labute approximate surface area is 157 Å². The number of likely N-dealkylation sites (tertiary alicyclic amines) is 1. The number of ether oxygens (including phenoxy) is 1. The first-order valence-electron chi connectivity index (χ1n) is 9.50. The van der Waals surface area contributed by atoms with Gasteiger partial charge >= 0.3 is 0 Å². The SMILES string of the molecule is COC1CN(C(C)C)[C@@](CNc2ccccc2)(NCc2ccccc2)C1. The number of methoxy groups -OCH3 is 1. The number of rotatable bonds is 8. The number of benzene rings is 2. The maximum atomic E-state index is 5.74. The van der Waals surface area contributed by atoms with Gasteiger partial charge in [-0.25, -0.2) is 0 Å². The summed E-state index contributed by atoms with van der Waals surface area (Å²) >= 11 is 0. The van der Waals surface area contributed by atoms with Crippen molar-refractivity contribution in [1.29, 1.82) is 0 Å². The van der Waals surface area contributed by atoms with Gasteiger partial charge in [-0.1, -0.05) is 48.5 Å². The standard InChI is InChI=1S/C22H31N3O/c1-18(2)25-16-21(26-3)14-22(25,17-23-20-12-8-5-9-13-20)24-15-19-10-6-4-7-11-19/h4-13,18,21,23-24H,14-17H2,1-3H3/t21?,22-/m0/s1. The van der Waals surface area contributed by atoms with Crippen molar-refractivity contribution >= 4 is 5.69 Å². The van der Waals surface area contributed by atoms with Crippen LogP contribution in [0.15, 0.2) is 60.7 Å². The molecule has 4 heteroatoms. The van der Waals surface area contributed by atoms with Gasteiger partial charge < -0.3 is 10.1 Å². The molecule has 0 spiro atoms. The van der Waals surface area contributed by atoms with E-state index in [1.54, 1.807) is 0 Å². The summed E-state index contributed by atoms with van der Waals surface area (Å²) in [6, 6.07) is 21.5. The Balaban J connectivity index is 1.79. The van der Waals surface area contributed by atoms with Gasteiger partial charge in [0.15, 0.2) is 0 Å². The zero-order chi connectivity index (χ0) is 18.4. The van der Waals surface area contributed by atoms with E-state index in [1.807, 2.05) is 13.2 Å². The first-order chi connectivity index (χ1) is 12.6. The highest BCUT2D eigenvalue weighted by molar-refractivity contribution is 5.43. The van der Waals surface area contributed by atoms with Crippen LogP contribution in [0.3, 0.4) is 0 Å². The smallest absolute Gasteiger partial charge is 0.0921 e. The first-order valence-corrected chi connectivity index (χ1v) is 9.50. The molecule has 4 nitrogen and oxygen atoms in total. The van der Waals surface area contributed by atoms with Gasteiger partial charge in [-0.15, -0.1) is 0 Å². The number of nitrogens with one attached hydrogen (secondary N) is 2. The predicted octanol–water partition coefficient (Wildman–Crippen LogP) is 3.71. The van der Waals surface area contributed by atoms with E-state index in [2.05, 4.69) is 84.0 Å². The Hall–Kier alpha value is -1.88. The second-order valence-electron chi connectivity index (χ2n) is 7.40. The van der Waals surface area contributed by atoms with Crippen LogP contribution in [0.2, 0.25) is 0 Å². The number of para-hydroxylation sites is 1. The molecule has 140 valence electrons. The average Bonchev–Trinajstić information content (AvgIpc) is 3.06. The van der Waals surface area contributed by atoms with Crippen LogP contribution in [-0.2, 0) is 11.3 Å². The fraction of sp³-hybridized carbons (Fsp3) is 0.455. The molecule has 2 aromatic carbocycles. The van der Waals surface area contributed by atoms with Gasteiger partial charge in [-0.2, -0.15) is 0 Å². The zero-order valence-electron chi connectivity index (χ0n) is 16.1. The van der Waals surface area contributed by atoms with Gasteiger partial charge in [-0.3, -0.25) is 10.2 Å². The van der Waals surface area contributed by atoms with E-state index in [0.717, 1.165) is 31.7 Å². The molecule has 2 aromatic rings. The molecule has 1 aliphatic heterocycles. The molecule has 1 saturated heterocycles. The summed E-state index contributed by atoms with van der Waals surface area (Å²) in [5.74, 6) is 0. The summed E-state index contributed by atoms with van der Waals surface area (Å²) in [6.45, 7) is 7.16. The second-order valence-corrected chi connectivity index (χ2v) is 7.40. The minimum Gasteiger partial charge on any atom is -0.382 e. The minimum atomic E-state index is -0.138. The van der Waals surface area contributed by atoms with Gasteiger partial charge in [0.25, 0.3) is 0 Å². The van der Waals surface area contributed by atoms with Crippen LogP contribution in [0.25, 0.3) is 0 Å². The summed E-state index contributed by atoms with van der Waals surface area (Å²) in [7, 11) is 1.82. The normalized spacial score (nSPS) is 23.5. The van der Waals surface area contributed by atoms with Crippen molar-refractivity contribution in [1.82, 2.24) is 10.2 Å². The Bertz CT molecular complexity index is 616. The van der Waals surface area contributed by atoms with Gasteiger partial charge in [-0.05, 0) is 31.5 Å². The first kappa shape index (κ1) is 18.9. The fourth-order valence-corrected chi connectivity index (χ4v) is 3.89. The minimum absolute atomic E-state index is 0.138. The van der Waals surface area contributed by atoms with E-state index >= 15 is 0 Å². The lowest BCUT2D eigenvalue weighted by Crippen LogP contribution is -2.61. The van der Waals surface area contributed by atoms with Gasteiger partial charge in [0, 0.05) is 44.9 Å². The maximum absolute atomic E-state index is 5.74. The molecule has 1 unspecified atom stereocenters. The van der Waals surface area contributed by atoms with Crippen LogP contribution in [0.1, 0.15) is 25.8 Å². The Morgan fingerprint density at radius 3 is 2.35 bits per heavy atom. The van der Waals surface area contributed by atoms with Crippen molar-refractivity contribution in [3.63, 3.8) is 0 Å². The largest absolute Gasteiger partial charge is 0.382 e. The van der Waals surface area contributed by atoms with Crippen molar-refractivity contribution in [2.24, 2.45) is 0 Å². The van der Waals surface area contributed by atoms with Crippen molar-refractivity contribution in [2.45, 2.75) is 44.6 Å². The van der Waals surface area contributed by atoms with Gasteiger partial charge in [0.2, 0.25) is 0 Å². The molecular weight excluding hydrogens is 322 g/mol. The molecule has 0 aliphatic carbocycles. The van der Waals surface area contributed by atoms with Crippen molar-refractivity contribution in [2.75, 3.05) is 25.5 Å². The van der Waals surface area contributed by atoms with Gasteiger partial charge in [0.1, 0.15) is 0 Å². The van der Waals surface area contributed by atoms with Gasteiger partial charge in [0.05, 0.1) is 11.8 Å². The van der Waals surface area contributed by atoms with Crippen LogP contribution in [0.5, 0.6) is 0 Å².